The van der Waals surface area contributed by atoms with E-state index in [4.69, 9.17) is 31.2 Å². The molecule has 0 spiro atoms. The molecule has 13 heteroatoms. The number of carbonyl (C=O) groups is 2. The lowest BCUT2D eigenvalue weighted by molar-refractivity contribution is -0.139. The molecule has 10 nitrogen and oxygen atoms in total. The summed E-state index contributed by atoms with van der Waals surface area (Å²) < 4.78 is 25.1. The number of nitrogens with one attached hydrogen (secondary N) is 3. The standard InChI is InChI=1S/C32H32I2N4O6S/c1-4-41-26-15-21(14-24(34)30(26)44-17-20-10-12-22(33)13-11-20)16-35-38-27(39)18-43-25-9-7-6-8-23(25)29-28(31(40)42-5-2)19(3)36-32(45)37-29/h6-16,29H,4-5,17-18H2,1-3H3,(H,38,39)(H2,36,37,45)/t29-/m0/s1. The Bertz CT molecular complexity index is 1610. The lowest BCUT2D eigenvalue weighted by Gasteiger charge is -2.30. The Morgan fingerprint density at radius 1 is 1.00 bits per heavy atom. The van der Waals surface area contributed by atoms with Gasteiger partial charge in [-0.15, -0.1) is 0 Å². The highest BCUT2D eigenvalue weighted by atomic mass is 127. The summed E-state index contributed by atoms with van der Waals surface area (Å²) in [5, 5.41) is 10.5. The van der Waals surface area contributed by atoms with E-state index < -0.39 is 17.9 Å². The predicted octanol–water partition coefficient (Wildman–Crippen LogP) is 5.76. The van der Waals surface area contributed by atoms with E-state index in [1.54, 1.807) is 32.0 Å². The second-order valence-corrected chi connectivity index (χ2v) is 12.4. The molecular weight excluding hydrogens is 822 g/mol. The van der Waals surface area contributed by atoms with E-state index in [0.717, 1.165) is 18.3 Å². The normalized spacial score (nSPS) is 14.4. The van der Waals surface area contributed by atoms with Gasteiger partial charge < -0.3 is 29.6 Å². The number of hydrogen-bond donors (Lipinski definition) is 3. The summed E-state index contributed by atoms with van der Waals surface area (Å²) in [5.41, 5.74) is 5.85. The van der Waals surface area contributed by atoms with E-state index in [1.165, 1.54) is 6.21 Å². The van der Waals surface area contributed by atoms with Crippen LogP contribution in [0.5, 0.6) is 17.2 Å². The van der Waals surface area contributed by atoms with Crippen LogP contribution in [-0.2, 0) is 20.9 Å². The number of para-hydroxylation sites is 1. The molecule has 3 aromatic rings. The van der Waals surface area contributed by atoms with Gasteiger partial charge in [-0.3, -0.25) is 4.79 Å². The highest BCUT2D eigenvalue weighted by Gasteiger charge is 2.32. The molecule has 1 heterocycles. The van der Waals surface area contributed by atoms with Crippen LogP contribution in [0.2, 0.25) is 0 Å². The van der Waals surface area contributed by atoms with Crippen molar-refractivity contribution in [2.45, 2.75) is 33.4 Å². The van der Waals surface area contributed by atoms with Crippen LogP contribution >= 0.6 is 57.4 Å². The van der Waals surface area contributed by atoms with Crippen molar-refractivity contribution in [3.63, 3.8) is 0 Å². The molecule has 0 saturated carbocycles. The minimum Gasteiger partial charge on any atom is -0.490 e. The second-order valence-electron chi connectivity index (χ2n) is 9.59. The van der Waals surface area contributed by atoms with Crippen LogP contribution in [0.1, 0.15) is 43.5 Å². The molecule has 0 bridgehead atoms. The average molecular weight is 855 g/mol. The van der Waals surface area contributed by atoms with Gasteiger partial charge in [0.1, 0.15) is 12.4 Å². The third-order valence-electron chi connectivity index (χ3n) is 6.38. The van der Waals surface area contributed by atoms with Crippen LogP contribution in [0, 0.1) is 7.14 Å². The molecule has 0 saturated heterocycles. The summed E-state index contributed by atoms with van der Waals surface area (Å²) in [6.45, 7) is 6.18. The van der Waals surface area contributed by atoms with Crippen LogP contribution in [0.4, 0.5) is 0 Å². The van der Waals surface area contributed by atoms with E-state index in [2.05, 4.69) is 66.3 Å². The Morgan fingerprint density at radius 2 is 1.76 bits per heavy atom. The third kappa shape index (κ3) is 9.53. The Morgan fingerprint density at radius 3 is 2.49 bits per heavy atom. The molecule has 3 N–H and O–H groups in total. The van der Waals surface area contributed by atoms with Gasteiger partial charge in [-0.25, -0.2) is 10.2 Å². The van der Waals surface area contributed by atoms with Gasteiger partial charge >= 0.3 is 5.97 Å². The van der Waals surface area contributed by atoms with Gasteiger partial charge in [-0.2, -0.15) is 5.10 Å². The Kier molecular flexibility index (Phi) is 12.8. The molecule has 3 aromatic carbocycles. The number of allylic oxidation sites excluding steroid dienone is 1. The molecule has 1 atom stereocenters. The average Bonchev–Trinajstić information content (AvgIpc) is 3.00. The molecule has 1 amide bonds. The largest absolute Gasteiger partial charge is 0.490 e. The minimum atomic E-state index is -0.624. The van der Waals surface area contributed by atoms with Crippen molar-refractivity contribution in [3.05, 3.63) is 95.8 Å². The molecule has 0 unspecified atom stereocenters. The van der Waals surface area contributed by atoms with Gasteiger partial charge in [0.15, 0.2) is 23.2 Å². The summed E-state index contributed by atoms with van der Waals surface area (Å²) in [5.74, 6) is 0.691. The molecule has 1 aliphatic rings. The van der Waals surface area contributed by atoms with Gasteiger partial charge in [0.05, 0.1) is 34.6 Å². The summed E-state index contributed by atoms with van der Waals surface area (Å²) in [4.78, 5) is 25.4. The van der Waals surface area contributed by atoms with Crippen LogP contribution in [-0.4, -0.2) is 43.0 Å². The van der Waals surface area contributed by atoms with Crippen LogP contribution in [0.15, 0.2) is 77.0 Å². The van der Waals surface area contributed by atoms with Crippen LogP contribution in [0.25, 0.3) is 0 Å². The van der Waals surface area contributed by atoms with E-state index in [1.807, 2.05) is 49.4 Å². The number of amides is 1. The van der Waals surface area contributed by atoms with E-state index >= 15 is 0 Å². The molecule has 45 heavy (non-hydrogen) atoms. The van der Waals surface area contributed by atoms with Crippen molar-refractivity contribution in [1.29, 1.82) is 0 Å². The molecule has 0 fully saturated rings. The number of halogens is 2. The summed E-state index contributed by atoms with van der Waals surface area (Å²) in [6.07, 6.45) is 1.53. The Hall–Kier alpha value is -3.44. The van der Waals surface area contributed by atoms with E-state index in [-0.39, 0.29) is 13.2 Å². The topological polar surface area (TPSA) is 120 Å². The maximum atomic E-state index is 12.8. The summed E-state index contributed by atoms with van der Waals surface area (Å²) in [6, 6.07) is 18.3. The number of ether oxygens (including phenoxy) is 4. The maximum absolute atomic E-state index is 12.8. The fourth-order valence-corrected chi connectivity index (χ4v) is 5.82. The van der Waals surface area contributed by atoms with Crippen LogP contribution < -0.4 is 30.3 Å². The van der Waals surface area contributed by atoms with E-state index in [0.29, 0.717) is 52.4 Å². The molecule has 0 aliphatic carbocycles. The highest BCUT2D eigenvalue weighted by Crippen LogP contribution is 2.35. The zero-order valence-electron chi connectivity index (χ0n) is 24.8. The third-order valence-corrected chi connectivity index (χ3v) is 8.12. The first-order valence-corrected chi connectivity index (χ1v) is 16.6. The van der Waals surface area contributed by atoms with E-state index in [9.17, 15) is 9.59 Å². The zero-order chi connectivity index (χ0) is 32.3. The number of hydrazone groups is 1. The predicted molar refractivity (Wildman–Crippen MR) is 192 cm³/mol. The second kappa shape index (κ2) is 16.7. The molecule has 4 rings (SSSR count). The summed E-state index contributed by atoms with van der Waals surface area (Å²) in [7, 11) is 0. The molecule has 1 aliphatic heterocycles. The number of esters is 1. The first kappa shape index (κ1) is 34.4. The molecular formula is C32H32I2N4O6S. The number of carbonyl (C=O) groups excluding carboxylic acids is 2. The molecule has 0 aromatic heterocycles. The fraction of sp³-hybridized carbons (Fsp3) is 0.250. The lowest BCUT2D eigenvalue weighted by atomic mass is 9.95. The zero-order valence-corrected chi connectivity index (χ0v) is 29.9. The first-order chi connectivity index (χ1) is 21.7. The van der Waals surface area contributed by atoms with Gasteiger partial charge in [0.25, 0.3) is 5.91 Å². The molecule has 236 valence electrons. The van der Waals surface area contributed by atoms with Crippen molar-refractivity contribution < 1.29 is 28.5 Å². The Labute approximate surface area is 294 Å². The first-order valence-electron chi connectivity index (χ1n) is 14.0. The summed E-state index contributed by atoms with van der Waals surface area (Å²) >= 11 is 9.79. The fourth-order valence-electron chi connectivity index (χ4n) is 4.41. The quantitative estimate of drug-likeness (QED) is 0.0649. The molecule has 0 radical (unpaired) electrons. The van der Waals surface area contributed by atoms with Crippen molar-refractivity contribution in [1.82, 2.24) is 16.1 Å². The van der Waals surface area contributed by atoms with Gasteiger partial charge in [0.2, 0.25) is 0 Å². The smallest absolute Gasteiger partial charge is 0.338 e. The number of benzene rings is 3. The maximum Gasteiger partial charge on any atom is 0.338 e. The Balaban J connectivity index is 1.41. The lowest BCUT2D eigenvalue weighted by Crippen LogP contribution is -2.45. The van der Waals surface area contributed by atoms with Crippen molar-refractivity contribution in [2.75, 3.05) is 19.8 Å². The number of nitrogens with zero attached hydrogens (tertiary/aromatic N) is 1. The van der Waals surface area contributed by atoms with Gasteiger partial charge in [-0.05, 0) is 120 Å². The van der Waals surface area contributed by atoms with Crippen LogP contribution in [0.3, 0.4) is 0 Å². The number of hydrogen-bond acceptors (Lipinski definition) is 8. The van der Waals surface area contributed by atoms with Crippen molar-refractivity contribution >= 4 is 80.6 Å². The number of thiocarbonyl (C=S) groups is 1. The van der Waals surface area contributed by atoms with Crippen molar-refractivity contribution in [3.8, 4) is 17.2 Å². The number of rotatable bonds is 13. The highest BCUT2D eigenvalue weighted by molar-refractivity contribution is 14.1. The van der Waals surface area contributed by atoms with Gasteiger partial charge in [-0.1, -0.05) is 30.3 Å². The monoisotopic (exact) mass is 854 g/mol. The minimum absolute atomic E-state index is 0.226. The SMILES string of the molecule is CCOC(=O)C1=C(C)NC(=S)N[C@H]1c1ccccc1OCC(=O)NN=Cc1cc(I)c(OCc2ccc(I)cc2)c(OCC)c1. The van der Waals surface area contributed by atoms with Gasteiger partial charge in [0, 0.05) is 14.8 Å². The van der Waals surface area contributed by atoms with Crippen molar-refractivity contribution in [2.24, 2.45) is 5.10 Å².